The zero-order valence-corrected chi connectivity index (χ0v) is 10.1. The van der Waals surface area contributed by atoms with Crippen molar-refractivity contribution in [3.05, 3.63) is 29.8 Å². The summed E-state index contributed by atoms with van der Waals surface area (Å²) < 4.78 is 5.03. The zero-order chi connectivity index (χ0) is 12.0. The van der Waals surface area contributed by atoms with Gasteiger partial charge in [0.2, 0.25) is 0 Å². The second kappa shape index (κ2) is 6.16. The van der Waals surface area contributed by atoms with E-state index in [1.807, 2.05) is 0 Å². The molecule has 1 aromatic rings. The number of carbonyl (C=O) groups excluding carboxylic acids is 1. The third-order valence-corrected chi connectivity index (χ3v) is 2.36. The average molecular weight is 221 g/mol. The molecule has 0 bridgehead atoms. The Morgan fingerprint density at radius 3 is 2.44 bits per heavy atom. The summed E-state index contributed by atoms with van der Waals surface area (Å²) in [4.78, 5) is 11.7. The Bertz CT molecular complexity index is 330. The van der Waals surface area contributed by atoms with Crippen molar-refractivity contribution in [2.75, 3.05) is 13.7 Å². The number of methoxy groups -OCH3 is 1. The van der Waals surface area contributed by atoms with Crippen LogP contribution in [-0.2, 0) is 0 Å². The first-order valence-corrected chi connectivity index (χ1v) is 5.55. The van der Waals surface area contributed by atoms with E-state index in [2.05, 4.69) is 19.2 Å². The van der Waals surface area contributed by atoms with Gasteiger partial charge >= 0.3 is 0 Å². The number of carbonyl (C=O) groups is 1. The van der Waals surface area contributed by atoms with Crippen LogP contribution in [0, 0.1) is 5.92 Å². The summed E-state index contributed by atoms with van der Waals surface area (Å²) in [5, 5.41) is 2.89. The summed E-state index contributed by atoms with van der Waals surface area (Å²) in [7, 11) is 1.61. The number of nitrogens with one attached hydrogen (secondary N) is 1. The van der Waals surface area contributed by atoms with Gasteiger partial charge in [-0.3, -0.25) is 4.79 Å². The maximum absolute atomic E-state index is 11.7. The Balaban J connectivity index is 2.46. The van der Waals surface area contributed by atoms with Gasteiger partial charge in [0.1, 0.15) is 5.75 Å². The van der Waals surface area contributed by atoms with Crippen molar-refractivity contribution in [1.29, 1.82) is 0 Å². The summed E-state index contributed by atoms with van der Waals surface area (Å²) in [6.45, 7) is 5.00. The maximum atomic E-state index is 11.7. The highest BCUT2D eigenvalue weighted by Crippen LogP contribution is 2.11. The van der Waals surface area contributed by atoms with Gasteiger partial charge in [0.05, 0.1) is 7.11 Å². The van der Waals surface area contributed by atoms with E-state index in [0.29, 0.717) is 11.5 Å². The van der Waals surface area contributed by atoms with Gasteiger partial charge in [0.15, 0.2) is 0 Å². The van der Waals surface area contributed by atoms with E-state index in [4.69, 9.17) is 4.74 Å². The first kappa shape index (κ1) is 12.6. The van der Waals surface area contributed by atoms with Crippen molar-refractivity contribution in [3.63, 3.8) is 0 Å². The molecule has 1 rings (SSSR count). The fraction of sp³-hybridized carbons (Fsp3) is 0.462. The number of ether oxygens (including phenoxy) is 1. The average Bonchev–Trinajstić information content (AvgIpc) is 2.28. The lowest BCUT2D eigenvalue weighted by Crippen LogP contribution is -2.25. The van der Waals surface area contributed by atoms with E-state index in [9.17, 15) is 4.79 Å². The molecule has 0 unspecified atom stereocenters. The SMILES string of the molecule is COc1ccc(C(=O)NCCC(C)C)cc1. The summed E-state index contributed by atoms with van der Waals surface area (Å²) in [5.41, 5.74) is 0.671. The molecule has 3 nitrogen and oxygen atoms in total. The number of amides is 1. The van der Waals surface area contributed by atoms with Crippen molar-refractivity contribution in [2.24, 2.45) is 5.92 Å². The molecule has 0 aliphatic carbocycles. The molecule has 0 atom stereocenters. The molecule has 1 N–H and O–H groups in total. The standard InChI is InChI=1S/C13H19NO2/c1-10(2)8-9-14-13(15)11-4-6-12(16-3)7-5-11/h4-7,10H,8-9H2,1-3H3,(H,14,15). The molecule has 0 radical (unpaired) electrons. The Kier molecular flexibility index (Phi) is 4.83. The van der Waals surface area contributed by atoms with Gasteiger partial charge in [0.25, 0.3) is 5.91 Å². The molecule has 0 aromatic heterocycles. The molecule has 16 heavy (non-hydrogen) atoms. The fourth-order valence-corrected chi connectivity index (χ4v) is 1.32. The minimum atomic E-state index is -0.0247. The van der Waals surface area contributed by atoms with Crippen LogP contribution in [-0.4, -0.2) is 19.6 Å². The van der Waals surface area contributed by atoms with Crippen LogP contribution in [0.1, 0.15) is 30.6 Å². The second-order valence-electron chi connectivity index (χ2n) is 4.17. The Morgan fingerprint density at radius 1 is 1.31 bits per heavy atom. The number of hydrogen-bond donors (Lipinski definition) is 1. The highest BCUT2D eigenvalue weighted by molar-refractivity contribution is 5.94. The van der Waals surface area contributed by atoms with Crippen LogP contribution < -0.4 is 10.1 Å². The van der Waals surface area contributed by atoms with Crippen molar-refractivity contribution < 1.29 is 9.53 Å². The molecule has 0 aliphatic heterocycles. The lowest BCUT2D eigenvalue weighted by Gasteiger charge is -2.07. The normalized spacial score (nSPS) is 10.2. The smallest absolute Gasteiger partial charge is 0.251 e. The monoisotopic (exact) mass is 221 g/mol. The van der Waals surface area contributed by atoms with Crippen LogP contribution in [0.2, 0.25) is 0 Å². The van der Waals surface area contributed by atoms with Gasteiger partial charge in [-0.05, 0) is 36.6 Å². The number of hydrogen-bond acceptors (Lipinski definition) is 2. The van der Waals surface area contributed by atoms with E-state index in [-0.39, 0.29) is 5.91 Å². The largest absolute Gasteiger partial charge is 0.497 e. The summed E-state index contributed by atoms with van der Waals surface area (Å²) >= 11 is 0. The molecule has 1 amide bonds. The fourth-order valence-electron chi connectivity index (χ4n) is 1.32. The molecule has 0 spiro atoms. The lowest BCUT2D eigenvalue weighted by molar-refractivity contribution is 0.0952. The van der Waals surface area contributed by atoms with Crippen molar-refractivity contribution in [3.8, 4) is 5.75 Å². The van der Waals surface area contributed by atoms with E-state index < -0.39 is 0 Å². The Hall–Kier alpha value is -1.51. The molecule has 0 saturated carbocycles. The van der Waals surface area contributed by atoms with Gasteiger partial charge < -0.3 is 10.1 Å². The highest BCUT2D eigenvalue weighted by atomic mass is 16.5. The molecule has 0 heterocycles. The van der Waals surface area contributed by atoms with E-state index in [1.165, 1.54) is 0 Å². The minimum Gasteiger partial charge on any atom is -0.497 e. The predicted octanol–water partition coefficient (Wildman–Crippen LogP) is 2.47. The first-order valence-electron chi connectivity index (χ1n) is 5.55. The van der Waals surface area contributed by atoms with Crippen LogP contribution in [0.5, 0.6) is 5.75 Å². The molecule has 0 aliphatic rings. The second-order valence-corrected chi connectivity index (χ2v) is 4.17. The van der Waals surface area contributed by atoms with E-state index >= 15 is 0 Å². The van der Waals surface area contributed by atoms with Gasteiger partial charge in [0, 0.05) is 12.1 Å². The van der Waals surface area contributed by atoms with Gasteiger partial charge in [-0.1, -0.05) is 13.8 Å². The molecular weight excluding hydrogens is 202 g/mol. The lowest BCUT2D eigenvalue weighted by atomic mass is 10.1. The van der Waals surface area contributed by atoms with E-state index in [0.717, 1.165) is 18.7 Å². The van der Waals surface area contributed by atoms with E-state index in [1.54, 1.807) is 31.4 Å². The third kappa shape index (κ3) is 3.93. The van der Waals surface area contributed by atoms with Gasteiger partial charge in [-0.2, -0.15) is 0 Å². The molecule has 0 fully saturated rings. The molecule has 1 aromatic carbocycles. The summed E-state index contributed by atoms with van der Waals surface area (Å²) in [6, 6.07) is 7.11. The van der Waals surface area contributed by atoms with Crippen LogP contribution >= 0.6 is 0 Å². The first-order chi connectivity index (χ1) is 7.63. The summed E-state index contributed by atoms with van der Waals surface area (Å²) in [6.07, 6.45) is 1.00. The maximum Gasteiger partial charge on any atom is 0.251 e. The van der Waals surface area contributed by atoms with Crippen LogP contribution in [0.15, 0.2) is 24.3 Å². The highest BCUT2D eigenvalue weighted by Gasteiger charge is 2.04. The molecule has 88 valence electrons. The summed E-state index contributed by atoms with van der Waals surface area (Å²) in [5.74, 6) is 1.35. The van der Waals surface area contributed by atoms with Gasteiger partial charge in [-0.15, -0.1) is 0 Å². The molecular formula is C13H19NO2. The molecule has 0 saturated heterocycles. The van der Waals surface area contributed by atoms with Crippen LogP contribution in [0.4, 0.5) is 0 Å². The zero-order valence-electron chi connectivity index (χ0n) is 10.1. The van der Waals surface area contributed by atoms with Crippen LogP contribution in [0.25, 0.3) is 0 Å². The third-order valence-electron chi connectivity index (χ3n) is 2.36. The number of rotatable bonds is 5. The van der Waals surface area contributed by atoms with Crippen LogP contribution in [0.3, 0.4) is 0 Å². The molecule has 3 heteroatoms. The Labute approximate surface area is 96.8 Å². The topological polar surface area (TPSA) is 38.3 Å². The number of benzene rings is 1. The van der Waals surface area contributed by atoms with Gasteiger partial charge in [-0.25, -0.2) is 0 Å². The minimum absolute atomic E-state index is 0.0247. The predicted molar refractivity (Wildman–Crippen MR) is 64.8 cm³/mol. The van der Waals surface area contributed by atoms with Crippen molar-refractivity contribution in [2.45, 2.75) is 20.3 Å². The Morgan fingerprint density at radius 2 is 1.94 bits per heavy atom. The van der Waals surface area contributed by atoms with Crippen molar-refractivity contribution >= 4 is 5.91 Å². The van der Waals surface area contributed by atoms with Crippen molar-refractivity contribution in [1.82, 2.24) is 5.32 Å². The quantitative estimate of drug-likeness (QED) is 0.829.